The maximum atomic E-state index is 12.8. The molecule has 0 radical (unpaired) electrons. The second-order valence-corrected chi connectivity index (χ2v) is 9.59. The molecule has 2 N–H and O–H groups in total. The molecule has 2 bridgehead atoms. The number of hydrogen-bond donors (Lipinski definition) is 2. The highest BCUT2D eigenvalue weighted by Crippen LogP contribution is 2.52. The van der Waals surface area contributed by atoms with Gasteiger partial charge in [-0.05, 0) is 37.0 Å². The Bertz CT molecular complexity index is 748. The molecule has 0 aromatic carbocycles. The number of hydrogen-bond acceptors (Lipinski definition) is 4. The molecule has 2 saturated carbocycles. The van der Waals surface area contributed by atoms with E-state index in [1.807, 2.05) is 0 Å². The summed E-state index contributed by atoms with van der Waals surface area (Å²) >= 11 is 0. The van der Waals surface area contributed by atoms with Crippen molar-refractivity contribution in [1.82, 2.24) is 20.4 Å². The second-order valence-electron chi connectivity index (χ2n) is 9.59. The van der Waals surface area contributed by atoms with E-state index < -0.39 is 0 Å². The summed E-state index contributed by atoms with van der Waals surface area (Å²) in [6.07, 6.45) is 11.4. The Morgan fingerprint density at radius 2 is 1.69 bits per heavy atom. The predicted octanol–water partition coefficient (Wildman–Crippen LogP) is 1.62. The summed E-state index contributed by atoms with van der Waals surface area (Å²) in [5.74, 6) is 1.23. The van der Waals surface area contributed by atoms with Crippen LogP contribution >= 0.6 is 24.0 Å². The molecule has 4 atom stereocenters. The molecule has 1 heterocycles. The van der Waals surface area contributed by atoms with Gasteiger partial charge in [-0.2, -0.15) is 0 Å². The van der Waals surface area contributed by atoms with Crippen LogP contribution in [0.1, 0.15) is 38.5 Å². The first kappa shape index (κ1) is 25.0. The third-order valence-corrected chi connectivity index (χ3v) is 7.34. The fourth-order valence-electron chi connectivity index (χ4n) is 5.57. The van der Waals surface area contributed by atoms with Gasteiger partial charge < -0.3 is 15.5 Å². The van der Waals surface area contributed by atoms with E-state index in [0.717, 1.165) is 13.0 Å². The van der Waals surface area contributed by atoms with Gasteiger partial charge in [0.1, 0.15) is 6.54 Å². The van der Waals surface area contributed by atoms with Crippen LogP contribution in [0.5, 0.6) is 0 Å². The minimum atomic E-state index is -0.155. The molecule has 3 fully saturated rings. The summed E-state index contributed by atoms with van der Waals surface area (Å²) in [4.78, 5) is 45.0. The molecule has 1 aliphatic heterocycles. The molecule has 32 heavy (non-hydrogen) atoms. The van der Waals surface area contributed by atoms with Gasteiger partial charge in [-0.1, -0.05) is 31.4 Å². The average molecular weight is 557 g/mol. The molecule has 0 aromatic heterocycles. The van der Waals surface area contributed by atoms with E-state index in [4.69, 9.17) is 0 Å². The summed E-state index contributed by atoms with van der Waals surface area (Å²) < 4.78 is 0. The smallest absolute Gasteiger partial charge is 0.243 e. The zero-order valence-corrected chi connectivity index (χ0v) is 21.4. The number of guanidine groups is 1. The summed E-state index contributed by atoms with van der Waals surface area (Å²) in [5.41, 5.74) is 0. The van der Waals surface area contributed by atoms with Gasteiger partial charge in [0.05, 0.1) is 11.8 Å². The van der Waals surface area contributed by atoms with Crippen LogP contribution in [0.2, 0.25) is 0 Å². The minimum Gasteiger partial charge on any atom is -0.356 e. The number of nitrogens with zero attached hydrogens (tertiary/aromatic N) is 3. The first-order valence-corrected chi connectivity index (χ1v) is 11.7. The molecule has 4 unspecified atom stereocenters. The van der Waals surface area contributed by atoms with Gasteiger partial charge in [0.15, 0.2) is 5.96 Å². The number of imide groups is 1. The van der Waals surface area contributed by atoms with Gasteiger partial charge >= 0.3 is 0 Å². The maximum absolute atomic E-state index is 12.8. The lowest BCUT2D eigenvalue weighted by molar-refractivity contribution is -0.140. The van der Waals surface area contributed by atoms with Gasteiger partial charge in [-0.15, -0.1) is 24.0 Å². The Balaban J connectivity index is 0.00000289. The van der Waals surface area contributed by atoms with Crippen LogP contribution in [0, 0.1) is 29.6 Å². The molecule has 3 amide bonds. The Morgan fingerprint density at radius 1 is 1.06 bits per heavy atom. The van der Waals surface area contributed by atoms with E-state index in [1.165, 1.54) is 41.9 Å². The molecule has 4 aliphatic rings. The van der Waals surface area contributed by atoms with Crippen molar-refractivity contribution in [3.63, 3.8) is 0 Å². The van der Waals surface area contributed by atoms with E-state index in [0.29, 0.717) is 25.0 Å². The highest BCUT2D eigenvalue weighted by Gasteiger charge is 2.58. The number of aliphatic imine (C=N–C) groups is 1. The van der Waals surface area contributed by atoms with Gasteiger partial charge in [0.2, 0.25) is 17.7 Å². The Morgan fingerprint density at radius 3 is 2.28 bits per heavy atom. The normalized spacial score (nSPS) is 29.2. The van der Waals surface area contributed by atoms with Crippen molar-refractivity contribution >= 4 is 47.7 Å². The van der Waals surface area contributed by atoms with Crippen molar-refractivity contribution in [3.05, 3.63) is 12.2 Å². The van der Waals surface area contributed by atoms with Crippen molar-refractivity contribution in [3.8, 4) is 0 Å². The number of likely N-dealkylation sites (tertiary alicyclic amines) is 1. The molecule has 9 heteroatoms. The Hall–Kier alpha value is -1.65. The lowest BCUT2D eigenvalue weighted by Gasteiger charge is -2.23. The maximum Gasteiger partial charge on any atom is 0.243 e. The number of allylic oxidation sites excluding steroid dienone is 2. The van der Waals surface area contributed by atoms with E-state index >= 15 is 0 Å². The third kappa shape index (κ3) is 5.28. The molecule has 8 nitrogen and oxygen atoms in total. The standard InChI is InChI=1S/C23H35N5O3.HI/c1-27(2)18(29)14-26-23(25-13-15-6-4-3-5-7-15)24-10-11-28-21(30)19-16-8-9-17(12-16)20(19)22(28)31;/h8-9,15-17,19-20H,3-7,10-14H2,1-2H3,(H2,24,25,26);1H. The zero-order chi connectivity index (χ0) is 22.0. The van der Waals surface area contributed by atoms with E-state index in [1.54, 1.807) is 14.1 Å². The third-order valence-electron chi connectivity index (χ3n) is 7.34. The van der Waals surface area contributed by atoms with E-state index in [2.05, 4.69) is 27.8 Å². The van der Waals surface area contributed by atoms with Crippen LogP contribution in [0.4, 0.5) is 0 Å². The number of rotatable bonds is 7. The van der Waals surface area contributed by atoms with Crippen molar-refractivity contribution in [2.45, 2.75) is 38.5 Å². The Labute approximate surface area is 207 Å². The fraction of sp³-hybridized carbons (Fsp3) is 0.739. The second kappa shape index (κ2) is 11.0. The molecular weight excluding hydrogens is 521 g/mol. The Kier molecular flexibility index (Phi) is 8.57. The van der Waals surface area contributed by atoms with Crippen LogP contribution in [-0.2, 0) is 14.4 Å². The predicted molar refractivity (Wildman–Crippen MR) is 133 cm³/mol. The van der Waals surface area contributed by atoms with Crippen LogP contribution < -0.4 is 10.6 Å². The molecule has 3 aliphatic carbocycles. The summed E-state index contributed by atoms with van der Waals surface area (Å²) in [6, 6.07) is 0. The number of carbonyl (C=O) groups excluding carboxylic acids is 3. The largest absolute Gasteiger partial charge is 0.356 e. The number of halogens is 1. The molecular formula is C23H36IN5O3. The highest BCUT2D eigenvalue weighted by molar-refractivity contribution is 14.0. The van der Waals surface area contributed by atoms with Crippen LogP contribution in [0.3, 0.4) is 0 Å². The van der Waals surface area contributed by atoms with Crippen LogP contribution in [0.15, 0.2) is 17.1 Å². The molecule has 178 valence electrons. The summed E-state index contributed by atoms with van der Waals surface area (Å²) in [6.45, 7) is 1.64. The van der Waals surface area contributed by atoms with Crippen molar-refractivity contribution < 1.29 is 14.4 Å². The quantitative estimate of drug-likeness (QED) is 0.163. The molecule has 1 saturated heterocycles. The molecule has 4 rings (SSSR count). The minimum absolute atomic E-state index is 0. The first-order valence-electron chi connectivity index (χ1n) is 11.7. The lowest BCUT2D eigenvalue weighted by atomic mass is 9.85. The van der Waals surface area contributed by atoms with Crippen molar-refractivity contribution in [2.24, 2.45) is 34.6 Å². The van der Waals surface area contributed by atoms with Gasteiger partial charge in [-0.3, -0.25) is 19.3 Å². The van der Waals surface area contributed by atoms with Gasteiger partial charge in [0, 0.05) is 33.7 Å². The van der Waals surface area contributed by atoms with Gasteiger partial charge in [0.25, 0.3) is 0 Å². The highest BCUT2D eigenvalue weighted by atomic mass is 127. The number of amides is 3. The number of fused-ring (bicyclic) bond motifs is 5. The monoisotopic (exact) mass is 557 g/mol. The average Bonchev–Trinajstić information content (AvgIpc) is 3.45. The molecule has 0 spiro atoms. The first-order chi connectivity index (χ1) is 15.0. The number of likely N-dealkylation sites (N-methyl/N-ethyl adjacent to an activating group) is 1. The lowest BCUT2D eigenvalue weighted by Crippen LogP contribution is -2.45. The van der Waals surface area contributed by atoms with Crippen molar-refractivity contribution in [1.29, 1.82) is 0 Å². The number of carbonyl (C=O) groups is 3. The fourth-order valence-corrected chi connectivity index (χ4v) is 5.57. The van der Waals surface area contributed by atoms with Crippen molar-refractivity contribution in [2.75, 3.05) is 40.3 Å². The SMILES string of the molecule is CN(C)C(=O)CN=C(NCCN1C(=O)C2C3C=CC(C3)C2C1=O)NCC1CCCCC1.I. The zero-order valence-electron chi connectivity index (χ0n) is 19.1. The summed E-state index contributed by atoms with van der Waals surface area (Å²) in [5, 5.41) is 6.60. The molecule has 0 aromatic rings. The van der Waals surface area contributed by atoms with E-state index in [9.17, 15) is 14.4 Å². The van der Waals surface area contributed by atoms with Gasteiger partial charge in [-0.25, -0.2) is 4.99 Å². The van der Waals surface area contributed by atoms with Crippen LogP contribution in [-0.4, -0.2) is 73.8 Å². The summed E-state index contributed by atoms with van der Waals surface area (Å²) in [7, 11) is 3.42. The topological polar surface area (TPSA) is 94.1 Å². The number of nitrogens with one attached hydrogen (secondary N) is 2. The van der Waals surface area contributed by atoms with E-state index in [-0.39, 0.29) is 71.9 Å². The van der Waals surface area contributed by atoms with Crippen LogP contribution in [0.25, 0.3) is 0 Å².